The van der Waals surface area contributed by atoms with Crippen LogP contribution in [0.2, 0.25) is 0 Å². The van der Waals surface area contributed by atoms with E-state index in [1.165, 1.54) is 9.80 Å². The number of para-hydroxylation sites is 2. The lowest BCUT2D eigenvalue weighted by molar-refractivity contribution is -0.133. The Bertz CT molecular complexity index is 941. The molecule has 0 aromatic heterocycles. The Balaban J connectivity index is 1.65. The van der Waals surface area contributed by atoms with E-state index in [9.17, 15) is 14.4 Å². The van der Waals surface area contributed by atoms with Gasteiger partial charge in [0.1, 0.15) is 12.3 Å². The Hall–Kier alpha value is -3.35. The highest BCUT2D eigenvalue weighted by molar-refractivity contribution is 6.01. The monoisotopic (exact) mass is 395 g/mol. The smallest absolute Gasteiger partial charge is 0.243 e. The molecule has 1 heterocycles. The van der Waals surface area contributed by atoms with Crippen molar-refractivity contribution in [2.45, 2.75) is 20.3 Å². The fraction of sp³-hybridized carbons (Fsp3) is 0.318. The van der Waals surface area contributed by atoms with E-state index in [0.29, 0.717) is 11.4 Å². The van der Waals surface area contributed by atoms with Crippen molar-refractivity contribution in [3.05, 3.63) is 53.6 Å². The van der Waals surface area contributed by atoms with E-state index in [1.807, 2.05) is 38.1 Å². The van der Waals surface area contributed by atoms with Gasteiger partial charge in [-0.15, -0.1) is 0 Å². The van der Waals surface area contributed by atoms with Gasteiger partial charge in [0, 0.05) is 12.7 Å². The molecular weight excluding hydrogens is 370 g/mol. The number of ether oxygens (including phenoxy) is 1. The molecular formula is C22H25N3O4. The summed E-state index contributed by atoms with van der Waals surface area (Å²) in [5, 5.41) is 2.84. The second-order valence-electron chi connectivity index (χ2n) is 7.16. The molecule has 1 N–H and O–H groups in total. The van der Waals surface area contributed by atoms with Gasteiger partial charge in [0.25, 0.3) is 0 Å². The standard InChI is InChI=1S/C22H25N3O4/c1-15-8-9-16(2)17(12-15)23-20(26)13-24(3)22(28)14-25-18-6-4-5-7-19(18)29-11-10-21(25)27/h4-9,12H,10-11,13-14H2,1-3H3,(H,23,26). The van der Waals surface area contributed by atoms with Gasteiger partial charge < -0.3 is 15.0 Å². The number of hydrogen-bond acceptors (Lipinski definition) is 4. The minimum absolute atomic E-state index is 0.105. The van der Waals surface area contributed by atoms with Gasteiger partial charge in [-0.3, -0.25) is 19.3 Å². The molecule has 0 aliphatic carbocycles. The third kappa shape index (κ3) is 4.93. The number of fused-ring (bicyclic) bond motifs is 1. The number of likely N-dealkylation sites (N-methyl/N-ethyl adjacent to an activating group) is 1. The van der Waals surface area contributed by atoms with Gasteiger partial charge in [-0.25, -0.2) is 0 Å². The fourth-order valence-corrected chi connectivity index (χ4v) is 3.11. The van der Waals surface area contributed by atoms with Crippen LogP contribution < -0.4 is 15.0 Å². The lowest BCUT2D eigenvalue weighted by Crippen LogP contribution is -2.43. The SMILES string of the molecule is Cc1ccc(C)c(NC(=O)CN(C)C(=O)CN2C(=O)CCOc3ccccc32)c1. The molecule has 0 saturated carbocycles. The molecule has 3 amide bonds. The Labute approximate surface area is 170 Å². The van der Waals surface area contributed by atoms with Crippen LogP contribution in [0.4, 0.5) is 11.4 Å². The molecule has 29 heavy (non-hydrogen) atoms. The maximum absolute atomic E-state index is 12.7. The Morgan fingerprint density at radius 2 is 1.93 bits per heavy atom. The second-order valence-corrected chi connectivity index (χ2v) is 7.16. The van der Waals surface area contributed by atoms with Crippen molar-refractivity contribution in [1.82, 2.24) is 4.90 Å². The molecule has 2 aromatic rings. The van der Waals surface area contributed by atoms with Crippen LogP contribution >= 0.6 is 0 Å². The molecule has 0 spiro atoms. The van der Waals surface area contributed by atoms with Crippen molar-refractivity contribution in [2.24, 2.45) is 0 Å². The number of anilines is 2. The largest absolute Gasteiger partial charge is 0.491 e. The van der Waals surface area contributed by atoms with E-state index in [2.05, 4.69) is 5.32 Å². The number of aryl methyl sites for hydroxylation is 2. The number of amides is 3. The summed E-state index contributed by atoms with van der Waals surface area (Å²) < 4.78 is 5.59. The van der Waals surface area contributed by atoms with Gasteiger partial charge in [-0.1, -0.05) is 24.3 Å². The maximum Gasteiger partial charge on any atom is 0.243 e. The van der Waals surface area contributed by atoms with Crippen molar-refractivity contribution in [3.8, 4) is 5.75 Å². The van der Waals surface area contributed by atoms with Crippen molar-refractivity contribution < 1.29 is 19.1 Å². The Morgan fingerprint density at radius 3 is 2.72 bits per heavy atom. The van der Waals surface area contributed by atoms with Crippen molar-refractivity contribution in [3.63, 3.8) is 0 Å². The summed E-state index contributed by atoms with van der Waals surface area (Å²) in [6, 6.07) is 12.9. The molecule has 3 rings (SSSR count). The predicted molar refractivity (Wildman–Crippen MR) is 111 cm³/mol. The zero-order chi connectivity index (χ0) is 21.0. The molecule has 1 aliphatic heterocycles. The van der Waals surface area contributed by atoms with Crippen LogP contribution in [0.5, 0.6) is 5.75 Å². The zero-order valence-corrected chi connectivity index (χ0v) is 16.9. The normalized spacial score (nSPS) is 13.2. The Kier molecular flexibility index (Phi) is 6.16. The van der Waals surface area contributed by atoms with Gasteiger partial charge in [0.05, 0.1) is 25.3 Å². The number of rotatable bonds is 5. The van der Waals surface area contributed by atoms with Gasteiger partial charge in [0.15, 0.2) is 0 Å². The van der Waals surface area contributed by atoms with E-state index in [4.69, 9.17) is 4.74 Å². The van der Waals surface area contributed by atoms with Crippen LogP contribution in [0.15, 0.2) is 42.5 Å². The van der Waals surface area contributed by atoms with Gasteiger partial charge >= 0.3 is 0 Å². The molecule has 0 saturated heterocycles. The van der Waals surface area contributed by atoms with E-state index >= 15 is 0 Å². The summed E-state index contributed by atoms with van der Waals surface area (Å²) in [6.45, 7) is 3.88. The number of benzene rings is 2. The predicted octanol–water partition coefficient (Wildman–Crippen LogP) is 2.52. The molecule has 7 heteroatoms. The highest BCUT2D eigenvalue weighted by Crippen LogP contribution is 2.30. The first-order valence-corrected chi connectivity index (χ1v) is 9.48. The lowest BCUT2D eigenvalue weighted by atomic mass is 10.1. The summed E-state index contributed by atoms with van der Waals surface area (Å²) in [6.07, 6.45) is 0.193. The molecule has 0 unspecified atom stereocenters. The van der Waals surface area contributed by atoms with Gasteiger partial charge in [0.2, 0.25) is 17.7 Å². The molecule has 0 radical (unpaired) electrons. The number of nitrogens with zero attached hydrogens (tertiary/aromatic N) is 2. The highest BCUT2D eigenvalue weighted by atomic mass is 16.5. The summed E-state index contributed by atoms with van der Waals surface area (Å²) in [5.41, 5.74) is 3.28. The number of carbonyl (C=O) groups is 3. The summed E-state index contributed by atoms with van der Waals surface area (Å²) in [4.78, 5) is 40.3. The summed E-state index contributed by atoms with van der Waals surface area (Å²) >= 11 is 0. The first-order valence-electron chi connectivity index (χ1n) is 9.48. The fourth-order valence-electron chi connectivity index (χ4n) is 3.11. The molecule has 0 bridgehead atoms. The first kappa shape index (κ1) is 20.4. The van der Waals surface area contributed by atoms with E-state index < -0.39 is 0 Å². The van der Waals surface area contributed by atoms with Crippen LogP contribution in [0, 0.1) is 13.8 Å². The first-order chi connectivity index (χ1) is 13.8. The zero-order valence-electron chi connectivity index (χ0n) is 16.9. The minimum Gasteiger partial charge on any atom is -0.491 e. The van der Waals surface area contributed by atoms with E-state index in [1.54, 1.807) is 25.2 Å². The third-order valence-corrected chi connectivity index (χ3v) is 4.80. The molecule has 0 atom stereocenters. The summed E-state index contributed by atoms with van der Waals surface area (Å²) in [5.74, 6) is -0.232. The highest BCUT2D eigenvalue weighted by Gasteiger charge is 2.26. The maximum atomic E-state index is 12.7. The molecule has 0 fully saturated rings. The number of carbonyl (C=O) groups excluding carboxylic acids is 3. The minimum atomic E-state index is -0.328. The van der Waals surface area contributed by atoms with Crippen molar-refractivity contribution in [1.29, 1.82) is 0 Å². The van der Waals surface area contributed by atoms with Crippen LogP contribution in [-0.4, -0.2) is 49.4 Å². The Morgan fingerprint density at radius 1 is 1.17 bits per heavy atom. The number of hydrogen-bond donors (Lipinski definition) is 1. The van der Waals surface area contributed by atoms with Crippen LogP contribution in [0.1, 0.15) is 17.5 Å². The quantitative estimate of drug-likeness (QED) is 0.844. The van der Waals surface area contributed by atoms with Crippen molar-refractivity contribution in [2.75, 3.05) is 37.0 Å². The average Bonchev–Trinajstić information content (AvgIpc) is 2.83. The molecule has 152 valence electrons. The van der Waals surface area contributed by atoms with Gasteiger partial charge in [-0.05, 0) is 43.2 Å². The topological polar surface area (TPSA) is 79.0 Å². The summed E-state index contributed by atoms with van der Waals surface area (Å²) in [7, 11) is 1.55. The third-order valence-electron chi connectivity index (χ3n) is 4.80. The van der Waals surface area contributed by atoms with E-state index in [0.717, 1.165) is 16.8 Å². The van der Waals surface area contributed by atoms with Crippen LogP contribution in [-0.2, 0) is 14.4 Å². The average molecular weight is 395 g/mol. The van der Waals surface area contributed by atoms with Crippen LogP contribution in [0.3, 0.4) is 0 Å². The lowest BCUT2D eigenvalue weighted by Gasteiger charge is -2.24. The second kappa shape index (κ2) is 8.77. The van der Waals surface area contributed by atoms with Crippen molar-refractivity contribution >= 4 is 29.1 Å². The molecule has 2 aromatic carbocycles. The van der Waals surface area contributed by atoms with Gasteiger partial charge in [-0.2, -0.15) is 0 Å². The molecule has 1 aliphatic rings. The van der Waals surface area contributed by atoms with E-state index in [-0.39, 0.29) is 43.8 Å². The number of nitrogens with one attached hydrogen (secondary N) is 1. The molecule has 7 nitrogen and oxygen atoms in total. The van der Waals surface area contributed by atoms with Crippen LogP contribution in [0.25, 0.3) is 0 Å².